The van der Waals surface area contributed by atoms with Crippen molar-refractivity contribution < 1.29 is 4.74 Å². The maximum atomic E-state index is 5.55. The van der Waals surface area contributed by atoms with Gasteiger partial charge in [0.15, 0.2) is 0 Å². The molecule has 2 heterocycles. The first-order valence-corrected chi connectivity index (χ1v) is 3.32. The summed E-state index contributed by atoms with van der Waals surface area (Å²) in [5, 5.41) is 0.296. The Labute approximate surface area is 63.0 Å². The van der Waals surface area contributed by atoms with Crippen molar-refractivity contribution in [3.63, 3.8) is 0 Å². The molecule has 0 spiro atoms. The van der Waals surface area contributed by atoms with E-state index in [4.69, 9.17) is 16.3 Å². The van der Waals surface area contributed by atoms with Crippen molar-refractivity contribution in [1.29, 1.82) is 0 Å². The molecule has 0 aromatic carbocycles. The third-order valence-electron chi connectivity index (χ3n) is 1.42. The molecule has 1 aliphatic heterocycles. The van der Waals surface area contributed by atoms with Gasteiger partial charge in [-0.3, -0.25) is 0 Å². The van der Waals surface area contributed by atoms with Crippen LogP contribution in [0.3, 0.4) is 0 Å². The molecule has 1 aromatic heterocycles. The Kier molecular flexibility index (Phi) is 1.32. The van der Waals surface area contributed by atoms with E-state index in [1.54, 1.807) is 6.20 Å². The van der Waals surface area contributed by atoms with Crippen LogP contribution < -0.4 is 0 Å². The molecule has 0 N–H and O–H groups in total. The quantitative estimate of drug-likeness (QED) is 0.529. The van der Waals surface area contributed by atoms with E-state index in [-0.39, 0.29) is 0 Å². The second-order valence-electron chi connectivity index (χ2n) is 2.10. The molecule has 4 heteroatoms. The van der Waals surface area contributed by atoms with Gasteiger partial charge in [-0.2, -0.15) is 0 Å². The van der Waals surface area contributed by atoms with Gasteiger partial charge in [-0.05, 0) is 11.6 Å². The first kappa shape index (κ1) is 6.07. The molecule has 0 amide bonds. The highest BCUT2D eigenvalue weighted by Crippen LogP contribution is 2.17. The van der Waals surface area contributed by atoms with E-state index in [9.17, 15) is 0 Å². The Morgan fingerprint density at radius 2 is 2.40 bits per heavy atom. The normalized spacial score (nSPS) is 15.3. The second-order valence-corrected chi connectivity index (χ2v) is 2.44. The molecule has 0 bridgehead atoms. The minimum absolute atomic E-state index is 0.296. The molecule has 0 unspecified atom stereocenters. The molecule has 0 atom stereocenters. The number of hydrogen-bond acceptors (Lipinski definition) is 3. The molecule has 0 saturated carbocycles. The van der Waals surface area contributed by atoms with Gasteiger partial charge in [-0.1, -0.05) is 0 Å². The third-order valence-corrected chi connectivity index (χ3v) is 1.60. The maximum Gasteiger partial charge on any atom is 0.222 e. The first-order valence-electron chi connectivity index (χ1n) is 2.94. The summed E-state index contributed by atoms with van der Waals surface area (Å²) < 4.78 is 5.11. The van der Waals surface area contributed by atoms with E-state index in [0.29, 0.717) is 18.5 Å². The van der Waals surface area contributed by atoms with Crippen molar-refractivity contribution in [1.82, 2.24) is 9.97 Å². The highest BCUT2D eigenvalue weighted by molar-refractivity contribution is 6.28. The number of hydrogen-bond donors (Lipinski definition) is 0. The molecule has 0 radical (unpaired) electrons. The lowest BCUT2D eigenvalue weighted by molar-refractivity contribution is 0.133. The van der Waals surface area contributed by atoms with Gasteiger partial charge in [0.1, 0.15) is 0 Å². The van der Waals surface area contributed by atoms with Gasteiger partial charge in [0.2, 0.25) is 5.28 Å². The number of halogens is 1. The lowest BCUT2D eigenvalue weighted by atomic mass is 10.3. The van der Waals surface area contributed by atoms with E-state index in [0.717, 1.165) is 11.3 Å². The zero-order valence-electron chi connectivity index (χ0n) is 5.17. The molecule has 0 fully saturated rings. The zero-order chi connectivity index (χ0) is 6.97. The highest BCUT2D eigenvalue weighted by atomic mass is 35.5. The standard InChI is InChI=1S/C6H5ClN2O/c7-6-8-1-4-2-10-3-5(4)9-6/h1H,2-3H2. The van der Waals surface area contributed by atoms with Gasteiger partial charge in [0.25, 0.3) is 0 Å². The molecule has 52 valence electrons. The summed E-state index contributed by atoms with van der Waals surface area (Å²) in [6.07, 6.45) is 1.71. The molecule has 3 nitrogen and oxygen atoms in total. The summed E-state index contributed by atoms with van der Waals surface area (Å²) in [5.41, 5.74) is 1.96. The van der Waals surface area contributed by atoms with Crippen LogP contribution >= 0.6 is 11.6 Å². The number of ether oxygens (including phenoxy) is 1. The minimum Gasteiger partial charge on any atom is -0.370 e. The third kappa shape index (κ3) is 0.874. The number of fused-ring (bicyclic) bond motifs is 1. The van der Waals surface area contributed by atoms with Crippen LogP contribution in [0.4, 0.5) is 0 Å². The highest BCUT2D eigenvalue weighted by Gasteiger charge is 2.12. The SMILES string of the molecule is Clc1ncc2c(n1)COC2. The van der Waals surface area contributed by atoms with E-state index in [1.807, 2.05) is 0 Å². The average molecular weight is 157 g/mol. The predicted molar refractivity (Wildman–Crippen MR) is 35.5 cm³/mol. The van der Waals surface area contributed by atoms with Gasteiger partial charge in [0.05, 0.1) is 18.9 Å². The van der Waals surface area contributed by atoms with Crippen molar-refractivity contribution >= 4 is 11.6 Å². The lowest BCUT2D eigenvalue weighted by Crippen LogP contribution is -1.90. The average Bonchev–Trinajstić information content (AvgIpc) is 2.33. The Balaban J connectivity index is 2.52. The molecule has 1 aliphatic rings. The summed E-state index contributed by atoms with van der Waals surface area (Å²) in [5.74, 6) is 0. The summed E-state index contributed by atoms with van der Waals surface area (Å²) in [4.78, 5) is 7.81. The summed E-state index contributed by atoms with van der Waals surface area (Å²) in [6, 6.07) is 0. The van der Waals surface area contributed by atoms with Crippen LogP contribution in [-0.2, 0) is 18.0 Å². The number of rotatable bonds is 0. The molecular weight excluding hydrogens is 152 g/mol. The van der Waals surface area contributed by atoms with Crippen LogP contribution in [0.15, 0.2) is 6.20 Å². The minimum atomic E-state index is 0.296. The van der Waals surface area contributed by atoms with Gasteiger partial charge in [-0.25, -0.2) is 9.97 Å². The van der Waals surface area contributed by atoms with Crippen molar-refractivity contribution in [2.45, 2.75) is 13.2 Å². The zero-order valence-corrected chi connectivity index (χ0v) is 5.93. The number of nitrogens with zero attached hydrogens (tertiary/aromatic N) is 2. The van der Waals surface area contributed by atoms with Gasteiger partial charge >= 0.3 is 0 Å². The van der Waals surface area contributed by atoms with Crippen LogP contribution in [-0.4, -0.2) is 9.97 Å². The topological polar surface area (TPSA) is 35.0 Å². The van der Waals surface area contributed by atoms with E-state index in [2.05, 4.69) is 9.97 Å². The Bertz CT molecular complexity index is 264. The van der Waals surface area contributed by atoms with Crippen molar-refractivity contribution in [3.8, 4) is 0 Å². The maximum absolute atomic E-state index is 5.55. The molecule has 0 saturated heterocycles. The van der Waals surface area contributed by atoms with E-state index in [1.165, 1.54) is 0 Å². The van der Waals surface area contributed by atoms with E-state index >= 15 is 0 Å². The van der Waals surface area contributed by atoms with Gasteiger partial charge in [0, 0.05) is 11.8 Å². The largest absolute Gasteiger partial charge is 0.370 e. The first-order chi connectivity index (χ1) is 4.86. The summed E-state index contributed by atoms with van der Waals surface area (Å²) >= 11 is 5.55. The smallest absolute Gasteiger partial charge is 0.222 e. The molecular formula is C6H5ClN2O. The molecule has 10 heavy (non-hydrogen) atoms. The van der Waals surface area contributed by atoms with Crippen molar-refractivity contribution in [2.24, 2.45) is 0 Å². The number of aromatic nitrogens is 2. The predicted octanol–water partition coefficient (Wildman–Crippen LogP) is 1.16. The van der Waals surface area contributed by atoms with Gasteiger partial charge < -0.3 is 4.74 Å². The van der Waals surface area contributed by atoms with Gasteiger partial charge in [-0.15, -0.1) is 0 Å². The van der Waals surface area contributed by atoms with Crippen molar-refractivity contribution in [3.05, 3.63) is 22.7 Å². The molecule has 0 aliphatic carbocycles. The van der Waals surface area contributed by atoms with Crippen LogP contribution in [0.25, 0.3) is 0 Å². The fourth-order valence-corrected chi connectivity index (χ4v) is 1.07. The fourth-order valence-electron chi connectivity index (χ4n) is 0.921. The Morgan fingerprint density at radius 3 is 3.30 bits per heavy atom. The Hall–Kier alpha value is -0.670. The monoisotopic (exact) mass is 156 g/mol. The second kappa shape index (κ2) is 2.18. The van der Waals surface area contributed by atoms with Crippen LogP contribution in [0, 0.1) is 0 Å². The van der Waals surface area contributed by atoms with Crippen molar-refractivity contribution in [2.75, 3.05) is 0 Å². The summed E-state index contributed by atoms with van der Waals surface area (Å²) in [6.45, 7) is 1.18. The van der Waals surface area contributed by atoms with Crippen LogP contribution in [0.1, 0.15) is 11.3 Å². The lowest BCUT2D eigenvalue weighted by Gasteiger charge is -1.92. The Morgan fingerprint density at radius 1 is 1.50 bits per heavy atom. The molecule has 2 rings (SSSR count). The fraction of sp³-hybridized carbons (Fsp3) is 0.333. The summed E-state index contributed by atoms with van der Waals surface area (Å²) in [7, 11) is 0. The molecule has 1 aromatic rings. The van der Waals surface area contributed by atoms with Crippen LogP contribution in [0.5, 0.6) is 0 Å². The van der Waals surface area contributed by atoms with Crippen LogP contribution in [0.2, 0.25) is 5.28 Å². The van der Waals surface area contributed by atoms with E-state index < -0.39 is 0 Å².